The lowest BCUT2D eigenvalue weighted by Gasteiger charge is -2.27. The summed E-state index contributed by atoms with van der Waals surface area (Å²) in [6.45, 7) is 1.52. The highest BCUT2D eigenvalue weighted by Crippen LogP contribution is 2.34. The van der Waals surface area contributed by atoms with Crippen LogP contribution in [0.3, 0.4) is 0 Å². The van der Waals surface area contributed by atoms with Crippen molar-refractivity contribution in [2.45, 2.75) is 18.6 Å². The molecule has 2 aliphatic rings. The van der Waals surface area contributed by atoms with Crippen LogP contribution in [-0.2, 0) is 4.74 Å². The molecule has 0 radical (unpaired) electrons. The first-order chi connectivity index (χ1) is 14.7. The van der Waals surface area contributed by atoms with Crippen molar-refractivity contribution in [3.05, 3.63) is 66.5 Å². The van der Waals surface area contributed by atoms with E-state index >= 15 is 0 Å². The number of fused-ring (bicyclic) bond motifs is 3. The van der Waals surface area contributed by atoms with E-state index in [9.17, 15) is 8.78 Å². The van der Waals surface area contributed by atoms with E-state index in [2.05, 4.69) is 14.9 Å². The first-order valence-electron chi connectivity index (χ1n) is 9.81. The summed E-state index contributed by atoms with van der Waals surface area (Å²) >= 11 is 0. The minimum atomic E-state index is -0.671. The van der Waals surface area contributed by atoms with Crippen molar-refractivity contribution in [3.8, 4) is 17.1 Å². The topological polar surface area (TPSA) is 56.1 Å². The zero-order chi connectivity index (χ0) is 20.2. The van der Waals surface area contributed by atoms with Crippen LogP contribution in [0.25, 0.3) is 28.2 Å². The van der Waals surface area contributed by atoms with Crippen molar-refractivity contribution in [3.63, 3.8) is 0 Å². The second kappa shape index (κ2) is 6.56. The van der Waals surface area contributed by atoms with Crippen molar-refractivity contribution in [1.82, 2.24) is 19.5 Å². The SMILES string of the molecule is Fc1ccc(-c2nc3ccc(N4C[C@H]5C[C@@H]4CO5)nc3n2-c2ccncc2)c(F)c1. The number of imidazole rings is 1. The molecule has 3 aromatic heterocycles. The number of rotatable bonds is 3. The molecule has 0 unspecified atom stereocenters. The van der Waals surface area contributed by atoms with Gasteiger partial charge in [0.2, 0.25) is 0 Å². The van der Waals surface area contributed by atoms with Crippen LogP contribution in [0, 0.1) is 11.6 Å². The molecule has 0 aliphatic carbocycles. The van der Waals surface area contributed by atoms with Crippen LogP contribution in [0.2, 0.25) is 0 Å². The molecule has 2 aliphatic heterocycles. The minimum Gasteiger partial charge on any atom is -0.374 e. The lowest BCUT2D eigenvalue weighted by Crippen LogP contribution is -2.37. The predicted octanol–water partition coefficient (Wildman–Crippen LogP) is 3.74. The van der Waals surface area contributed by atoms with Crippen molar-refractivity contribution in [2.24, 2.45) is 0 Å². The number of pyridine rings is 2. The summed E-state index contributed by atoms with van der Waals surface area (Å²) in [5, 5.41) is 0. The second-order valence-electron chi connectivity index (χ2n) is 7.61. The van der Waals surface area contributed by atoms with Gasteiger partial charge in [-0.1, -0.05) is 0 Å². The predicted molar refractivity (Wildman–Crippen MR) is 108 cm³/mol. The normalized spacial score (nSPS) is 20.4. The first-order valence-corrected chi connectivity index (χ1v) is 9.81. The third kappa shape index (κ3) is 2.68. The lowest BCUT2D eigenvalue weighted by atomic mass is 10.2. The fourth-order valence-corrected chi connectivity index (χ4v) is 4.38. The molecule has 0 spiro atoms. The van der Waals surface area contributed by atoms with Crippen LogP contribution in [0.15, 0.2) is 54.9 Å². The Bertz CT molecular complexity index is 1260. The zero-order valence-corrected chi connectivity index (χ0v) is 15.9. The highest BCUT2D eigenvalue weighted by Gasteiger charge is 2.39. The van der Waals surface area contributed by atoms with Crippen LogP contribution in [0.5, 0.6) is 0 Å². The maximum absolute atomic E-state index is 14.6. The Morgan fingerprint density at radius 1 is 1.00 bits per heavy atom. The number of halogens is 2. The summed E-state index contributed by atoms with van der Waals surface area (Å²) in [6.07, 6.45) is 4.58. The summed E-state index contributed by atoms with van der Waals surface area (Å²) in [5.74, 6) is -0.0892. The summed E-state index contributed by atoms with van der Waals surface area (Å²) < 4.78 is 35.6. The van der Waals surface area contributed by atoms with Crippen LogP contribution in [0.4, 0.5) is 14.6 Å². The van der Waals surface area contributed by atoms with Gasteiger partial charge in [-0.3, -0.25) is 9.55 Å². The van der Waals surface area contributed by atoms with E-state index in [1.807, 2.05) is 24.3 Å². The summed E-state index contributed by atoms with van der Waals surface area (Å²) in [7, 11) is 0. The van der Waals surface area contributed by atoms with Crippen molar-refractivity contribution >= 4 is 17.0 Å². The molecule has 5 heterocycles. The van der Waals surface area contributed by atoms with Gasteiger partial charge in [0.05, 0.1) is 30.0 Å². The molecule has 2 bridgehead atoms. The second-order valence-corrected chi connectivity index (χ2v) is 7.61. The van der Waals surface area contributed by atoms with Crippen LogP contribution in [-0.4, -0.2) is 44.8 Å². The van der Waals surface area contributed by atoms with Crippen LogP contribution in [0.1, 0.15) is 6.42 Å². The molecule has 2 atom stereocenters. The van der Waals surface area contributed by atoms with Gasteiger partial charge in [0.1, 0.15) is 28.8 Å². The van der Waals surface area contributed by atoms with Crippen molar-refractivity contribution in [1.29, 1.82) is 0 Å². The Morgan fingerprint density at radius 3 is 2.60 bits per heavy atom. The van der Waals surface area contributed by atoms with Crippen molar-refractivity contribution in [2.75, 3.05) is 18.1 Å². The minimum absolute atomic E-state index is 0.210. The van der Waals surface area contributed by atoms with Crippen molar-refractivity contribution < 1.29 is 13.5 Å². The third-order valence-electron chi connectivity index (χ3n) is 5.78. The summed E-state index contributed by atoms with van der Waals surface area (Å²) in [5.41, 5.74) is 2.21. The lowest BCUT2D eigenvalue weighted by molar-refractivity contribution is 0.0989. The summed E-state index contributed by atoms with van der Waals surface area (Å²) in [6, 6.07) is 11.3. The largest absolute Gasteiger partial charge is 0.374 e. The Morgan fingerprint density at radius 2 is 1.87 bits per heavy atom. The molecule has 4 aromatic rings. The smallest absolute Gasteiger partial charge is 0.167 e. The number of aromatic nitrogens is 4. The molecular weight excluding hydrogens is 388 g/mol. The van der Waals surface area contributed by atoms with Gasteiger partial charge >= 0.3 is 0 Å². The van der Waals surface area contributed by atoms with Gasteiger partial charge in [-0.25, -0.2) is 18.7 Å². The van der Waals surface area contributed by atoms with Gasteiger partial charge in [-0.05, 0) is 42.8 Å². The van der Waals surface area contributed by atoms with Gasteiger partial charge in [0, 0.05) is 25.0 Å². The quantitative estimate of drug-likeness (QED) is 0.520. The molecule has 2 saturated heterocycles. The maximum Gasteiger partial charge on any atom is 0.167 e. The fourth-order valence-electron chi connectivity index (χ4n) is 4.38. The Labute approximate surface area is 170 Å². The number of hydrogen-bond acceptors (Lipinski definition) is 5. The zero-order valence-electron chi connectivity index (χ0n) is 15.9. The molecule has 0 amide bonds. The van der Waals surface area contributed by atoms with Gasteiger partial charge < -0.3 is 9.64 Å². The van der Waals surface area contributed by atoms with Crippen LogP contribution >= 0.6 is 0 Å². The molecule has 6 rings (SSSR count). The number of nitrogens with zero attached hydrogens (tertiary/aromatic N) is 5. The van der Waals surface area contributed by atoms with E-state index < -0.39 is 11.6 Å². The van der Waals surface area contributed by atoms with Gasteiger partial charge in [-0.15, -0.1) is 0 Å². The highest BCUT2D eigenvalue weighted by atomic mass is 19.1. The fraction of sp³-hybridized carbons (Fsp3) is 0.227. The number of benzene rings is 1. The molecule has 2 fully saturated rings. The number of hydrogen-bond donors (Lipinski definition) is 0. The Kier molecular flexibility index (Phi) is 3.82. The average molecular weight is 405 g/mol. The summed E-state index contributed by atoms with van der Waals surface area (Å²) in [4.78, 5) is 15.9. The third-order valence-corrected chi connectivity index (χ3v) is 5.78. The highest BCUT2D eigenvalue weighted by molar-refractivity contribution is 5.81. The molecular formula is C22H17F2N5O. The van der Waals surface area contributed by atoms with Gasteiger partial charge in [0.25, 0.3) is 0 Å². The number of morpholine rings is 1. The molecule has 6 nitrogen and oxygen atoms in total. The number of ether oxygens (including phenoxy) is 1. The Hall–Kier alpha value is -3.39. The standard InChI is InChI=1S/C22H17F2N5O/c23-13-1-2-17(18(24)9-13)21-26-19-3-4-20(28-11-16-10-15(28)12-30-16)27-22(19)29(21)14-5-7-25-8-6-14/h1-9,15-16H,10-12H2/t15-,16-/m1/s1. The van der Waals surface area contributed by atoms with E-state index in [4.69, 9.17) is 9.72 Å². The van der Waals surface area contributed by atoms with E-state index in [1.54, 1.807) is 17.0 Å². The first kappa shape index (κ1) is 17.5. The average Bonchev–Trinajstić information content (AvgIpc) is 3.48. The van der Waals surface area contributed by atoms with Gasteiger partial charge in [0.15, 0.2) is 5.65 Å². The molecule has 0 saturated carbocycles. The monoisotopic (exact) mass is 405 g/mol. The Balaban J connectivity index is 1.57. The molecule has 8 heteroatoms. The molecule has 150 valence electrons. The molecule has 1 aromatic carbocycles. The maximum atomic E-state index is 14.6. The van der Waals surface area contributed by atoms with Gasteiger partial charge in [-0.2, -0.15) is 0 Å². The molecule has 30 heavy (non-hydrogen) atoms. The van der Waals surface area contributed by atoms with E-state index in [0.717, 1.165) is 30.5 Å². The van der Waals surface area contributed by atoms with E-state index in [0.29, 0.717) is 29.6 Å². The van der Waals surface area contributed by atoms with E-state index in [-0.39, 0.29) is 11.7 Å². The molecule has 0 N–H and O–H groups in total. The van der Waals surface area contributed by atoms with Crippen LogP contribution < -0.4 is 4.90 Å². The number of anilines is 1. The van der Waals surface area contributed by atoms with E-state index in [1.165, 1.54) is 12.1 Å².